The average Bonchev–Trinajstić information content (AvgIpc) is 2.93. The first-order valence-corrected chi connectivity index (χ1v) is 7.07. The molecule has 0 aliphatic carbocycles. The predicted molar refractivity (Wildman–Crippen MR) is 77.0 cm³/mol. The molecular weight excluding hydrogens is 222 g/mol. The highest BCUT2D eigenvalue weighted by Crippen LogP contribution is 2.30. The van der Waals surface area contributed by atoms with Gasteiger partial charge in [0.25, 0.3) is 0 Å². The molecule has 2 aliphatic rings. The van der Waals surface area contributed by atoms with Gasteiger partial charge in [0, 0.05) is 30.5 Å². The van der Waals surface area contributed by atoms with Gasteiger partial charge < -0.3 is 15.5 Å². The van der Waals surface area contributed by atoms with Crippen molar-refractivity contribution in [3.8, 4) is 0 Å². The van der Waals surface area contributed by atoms with Crippen LogP contribution in [0.3, 0.4) is 0 Å². The van der Waals surface area contributed by atoms with Gasteiger partial charge >= 0.3 is 0 Å². The maximum Gasteiger partial charge on any atom is 0.0420 e. The van der Waals surface area contributed by atoms with Gasteiger partial charge in [0.05, 0.1) is 0 Å². The summed E-state index contributed by atoms with van der Waals surface area (Å²) in [5.41, 5.74) is 9.62. The minimum absolute atomic E-state index is 0.787. The molecule has 0 spiro atoms. The smallest absolute Gasteiger partial charge is 0.0420 e. The molecule has 0 amide bonds. The van der Waals surface area contributed by atoms with Crippen molar-refractivity contribution in [2.45, 2.75) is 31.7 Å². The average molecular weight is 245 g/mol. The Balaban J connectivity index is 1.64. The van der Waals surface area contributed by atoms with Crippen LogP contribution in [0.2, 0.25) is 0 Å². The first-order chi connectivity index (χ1) is 8.74. The van der Waals surface area contributed by atoms with Crippen LogP contribution >= 0.6 is 0 Å². The standard InChI is InChI=1S/C15H23N3/c1-17-8-2-3-14(17)7-10-18-9-6-12-4-5-13(16)11-15(12)18/h4-5,11,14H,2-3,6-10,16H2,1H3. The molecule has 1 atom stereocenters. The van der Waals surface area contributed by atoms with Gasteiger partial charge in [-0.05, 0) is 57.0 Å². The molecule has 0 radical (unpaired) electrons. The molecular formula is C15H23N3. The number of nitrogens with zero attached hydrogens (tertiary/aromatic N) is 2. The van der Waals surface area contributed by atoms with Crippen molar-refractivity contribution in [3.05, 3.63) is 23.8 Å². The van der Waals surface area contributed by atoms with Gasteiger partial charge in [0.2, 0.25) is 0 Å². The fourth-order valence-electron chi connectivity index (χ4n) is 3.34. The van der Waals surface area contributed by atoms with Gasteiger partial charge in [0.1, 0.15) is 0 Å². The summed E-state index contributed by atoms with van der Waals surface area (Å²) in [6.45, 7) is 3.61. The molecule has 0 aromatic heterocycles. The number of hydrogen-bond acceptors (Lipinski definition) is 3. The van der Waals surface area contributed by atoms with Crippen LogP contribution in [0.4, 0.5) is 11.4 Å². The van der Waals surface area contributed by atoms with Gasteiger partial charge in [-0.15, -0.1) is 0 Å². The lowest BCUT2D eigenvalue weighted by Crippen LogP contribution is -2.31. The molecule has 1 saturated heterocycles. The molecule has 0 saturated carbocycles. The van der Waals surface area contributed by atoms with Crippen molar-refractivity contribution in [2.24, 2.45) is 0 Å². The summed E-state index contributed by atoms with van der Waals surface area (Å²) >= 11 is 0. The van der Waals surface area contributed by atoms with Crippen LogP contribution < -0.4 is 10.6 Å². The first-order valence-electron chi connectivity index (χ1n) is 7.07. The number of fused-ring (bicyclic) bond motifs is 1. The topological polar surface area (TPSA) is 32.5 Å². The molecule has 3 rings (SSSR count). The molecule has 98 valence electrons. The van der Waals surface area contributed by atoms with Crippen molar-refractivity contribution in [2.75, 3.05) is 37.3 Å². The van der Waals surface area contributed by atoms with Crippen LogP contribution in [0.1, 0.15) is 24.8 Å². The second-order valence-electron chi connectivity index (χ2n) is 5.69. The maximum absolute atomic E-state index is 5.90. The number of nitrogen functional groups attached to an aromatic ring is 1. The first kappa shape index (κ1) is 11.8. The highest BCUT2D eigenvalue weighted by atomic mass is 15.2. The van der Waals surface area contributed by atoms with Crippen molar-refractivity contribution in [1.82, 2.24) is 4.90 Å². The molecule has 1 aromatic rings. The number of likely N-dealkylation sites (tertiary alicyclic amines) is 1. The Morgan fingerprint density at radius 2 is 2.22 bits per heavy atom. The normalized spacial score (nSPS) is 23.6. The number of anilines is 2. The van der Waals surface area contributed by atoms with Crippen LogP contribution in [0.15, 0.2) is 18.2 Å². The molecule has 1 unspecified atom stereocenters. The van der Waals surface area contributed by atoms with E-state index in [9.17, 15) is 0 Å². The zero-order valence-corrected chi connectivity index (χ0v) is 11.2. The highest BCUT2D eigenvalue weighted by Gasteiger charge is 2.24. The van der Waals surface area contributed by atoms with E-state index in [1.54, 1.807) is 0 Å². The lowest BCUT2D eigenvalue weighted by Gasteiger charge is -2.25. The quantitative estimate of drug-likeness (QED) is 0.828. The van der Waals surface area contributed by atoms with Gasteiger partial charge in [-0.25, -0.2) is 0 Å². The van der Waals surface area contributed by atoms with E-state index < -0.39 is 0 Å². The summed E-state index contributed by atoms with van der Waals surface area (Å²) in [6, 6.07) is 7.13. The van der Waals surface area contributed by atoms with Crippen LogP contribution in [-0.2, 0) is 6.42 Å². The number of nitrogens with two attached hydrogens (primary N) is 1. The maximum atomic E-state index is 5.90. The third-order valence-corrected chi connectivity index (χ3v) is 4.50. The zero-order valence-electron chi connectivity index (χ0n) is 11.2. The zero-order chi connectivity index (χ0) is 12.5. The minimum Gasteiger partial charge on any atom is -0.399 e. The third-order valence-electron chi connectivity index (χ3n) is 4.50. The summed E-state index contributed by atoms with van der Waals surface area (Å²) in [4.78, 5) is 5.02. The Hall–Kier alpha value is -1.22. The van der Waals surface area contributed by atoms with E-state index in [1.807, 2.05) is 6.07 Å². The molecule has 18 heavy (non-hydrogen) atoms. The molecule has 2 aliphatic heterocycles. The highest BCUT2D eigenvalue weighted by molar-refractivity contribution is 5.64. The summed E-state index contributed by atoms with van der Waals surface area (Å²) in [7, 11) is 2.26. The Bertz CT molecular complexity index is 430. The summed E-state index contributed by atoms with van der Waals surface area (Å²) in [6.07, 6.45) is 5.19. The summed E-state index contributed by atoms with van der Waals surface area (Å²) < 4.78 is 0. The fourth-order valence-corrected chi connectivity index (χ4v) is 3.34. The number of benzene rings is 1. The molecule has 1 aromatic carbocycles. The van der Waals surface area contributed by atoms with E-state index >= 15 is 0 Å². The van der Waals surface area contributed by atoms with Crippen LogP contribution in [0, 0.1) is 0 Å². The van der Waals surface area contributed by atoms with Crippen molar-refractivity contribution in [3.63, 3.8) is 0 Å². The fraction of sp³-hybridized carbons (Fsp3) is 0.600. The van der Waals surface area contributed by atoms with E-state index in [0.29, 0.717) is 0 Å². The third kappa shape index (κ3) is 2.19. The molecule has 0 bridgehead atoms. The van der Waals surface area contributed by atoms with Crippen LogP contribution in [0.5, 0.6) is 0 Å². The minimum atomic E-state index is 0.787. The van der Waals surface area contributed by atoms with E-state index in [4.69, 9.17) is 5.73 Å². The number of rotatable bonds is 3. The lowest BCUT2D eigenvalue weighted by molar-refractivity contribution is 0.298. The molecule has 1 fully saturated rings. The molecule has 3 nitrogen and oxygen atoms in total. The van der Waals surface area contributed by atoms with Crippen LogP contribution in [0.25, 0.3) is 0 Å². The predicted octanol–water partition coefficient (Wildman–Crippen LogP) is 2.12. The van der Waals surface area contributed by atoms with Gasteiger partial charge in [0.15, 0.2) is 0 Å². The Labute approximate surface area is 110 Å². The van der Waals surface area contributed by atoms with E-state index in [1.165, 1.54) is 50.0 Å². The largest absolute Gasteiger partial charge is 0.399 e. The Kier molecular flexibility index (Phi) is 3.16. The van der Waals surface area contributed by atoms with Gasteiger partial charge in [-0.1, -0.05) is 6.07 Å². The molecule has 2 heterocycles. The second kappa shape index (κ2) is 4.81. The molecule has 3 heteroatoms. The SMILES string of the molecule is CN1CCCC1CCN1CCc2ccc(N)cc21. The van der Waals surface area contributed by atoms with E-state index in [0.717, 1.165) is 18.3 Å². The van der Waals surface area contributed by atoms with Gasteiger partial charge in [-0.3, -0.25) is 0 Å². The molecule has 2 N–H and O–H groups in total. The monoisotopic (exact) mass is 245 g/mol. The van der Waals surface area contributed by atoms with Crippen molar-refractivity contribution >= 4 is 11.4 Å². The number of hydrogen-bond donors (Lipinski definition) is 1. The Morgan fingerprint density at radius 3 is 3.00 bits per heavy atom. The summed E-state index contributed by atoms with van der Waals surface area (Å²) in [5, 5.41) is 0. The van der Waals surface area contributed by atoms with Crippen molar-refractivity contribution in [1.29, 1.82) is 0 Å². The summed E-state index contributed by atoms with van der Waals surface area (Å²) in [5.74, 6) is 0. The second-order valence-corrected chi connectivity index (χ2v) is 5.69. The van der Waals surface area contributed by atoms with E-state index in [2.05, 4.69) is 29.0 Å². The van der Waals surface area contributed by atoms with Crippen molar-refractivity contribution < 1.29 is 0 Å². The van der Waals surface area contributed by atoms with Gasteiger partial charge in [-0.2, -0.15) is 0 Å². The van der Waals surface area contributed by atoms with Crippen LogP contribution in [-0.4, -0.2) is 37.6 Å². The lowest BCUT2D eigenvalue weighted by atomic mass is 10.1. The van der Waals surface area contributed by atoms with E-state index in [-0.39, 0.29) is 0 Å². The Morgan fingerprint density at radius 1 is 1.33 bits per heavy atom.